The number of aryl methyl sites for hydroxylation is 1. The van der Waals surface area contributed by atoms with Crippen molar-refractivity contribution in [3.63, 3.8) is 0 Å². The number of rotatable bonds is 7. The Bertz CT molecular complexity index is 379. The molecule has 18 heavy (non-hydrogen) atoms. The molecule has 0 saturated heterocycles. The molecule has 0 aromatic carbocycles. The van der Waals surface area contributed by atoms with E-state index in [1.807, 2.05) is 13.8 Å². The van der Waals surface area contributed by atoms with Gasteiger partial charge in [-0.1, -0.05) is 27.2 Å². The van der Waals surface area contributed by atoms with Gasteiger partial charge in [-0.15, -0.1) is 11.3 Å². The molecule has 0 aliphatic carbocycles. The fourth-order valence-corrected chi connectivity index (χ4v) is 2.44. The van der Waals surface area contributed by atoms with Gasteiger partial charge >= 0.3 is 0 Å². The van der Waals surface area contributed by atoms with Gasteiger partial charge in [-0.25, -0.2) is 4.98 Å². The van der Waals surface area contributed by atoms with Gasteiger partial charge in [0.25, 0.3) is 5.91 Å². The fraction of sp³-hybridized carbons (Fsp3) is 0.692. The molecule has 1 amide bonds. The normalized spacial score (nSPS) is 14.2. The Labute approximate surface area is 112 Å². The predicted molar refractivity (Wildman–Crippen MR) is 73.9 cm³/mol. The summed E-state index contributed by atoms with van der Waals surface area (Å²) in [6, 6.07) is 0. The zero-order chi connectivity index (χ0) is 13.5. The fourth-order valence-electron chi connectivity index (χ4n) is 1.50. The van der Waals surface area contributed by atoms with Crippen LogP contribution in [-0.2, 0) is 6.42 Å². The highest BCUT2D eigenvalue weighted by molar-refractivity contribution is 7.13. The molecular formula is C13H22N2O2S. The highest BCUT2D eigenvalue weighted by atomic mass is 32.1. The van der Waals surface area contributed by atoms with Crippen molar-refractivity contribution in [2.75, 3.05) is 6.54 Å². The lowest BCUT2D eigenvalue weighted by Gasteiger charge is -2.17. The van der Waals surface area contributed by atoms with Crippen LogP contribution < -0.4 is 5.32 Å². The van der Waals surface area contributed by atoms with E-state index in [0.29, 0.717) is 11.4 Å². The third kappa shape index (κ3) is 4.38. The topological polar surface area (TPSA) is 62.2 Å². The molecule has 0 fully saturated rings. The Hall–Kier alpha value is -0.940. The summed E-state index contributed by atoms with van der Waals surface area (Å²) in [5, 5.41) is 13.5. The molecule has 0 saturated carbocycles. The van der Waals surface area contributed by atoms with Crippen LogP contribution >= 0.6 is 11.3 Å². The summed E-state index contributed by atoms with van der Waals surface area (Å²) in [6.07, 6.45) is 3.97. The minimum atomic E-state index is -0.484. The summed E-state index contributed by atoms with van der Waals surface area (Å²) in [6.45, 7) is 6.39. The third-order valence-electron chi connectivity index (χ3n) is 3.01. The molecule has 2 unspecified atom stereocenters. The molecule has 2 N–H and O–H groups in total. The van der Waals surface area contributed by atoms with Gasteiger partial charge < -0.3 is 10.4 Å². The van der Waals surface area contributed by atoms with Crippen molar-refractivity contribution in [2.24, 2.45) is 5.92 Å². The molecule has 5 heteroatoms. The molecule has 0 radical (unpaired) electrons. The lowest BCUT2D eigenvalue weighted by Crippen LogP contribution is -2.35. The van der Waals surface area contributed by atoms with E-state index in [0.717, 1.165) is 24.3 Å². The number of aliphatic hydroxyl groups is 1. The molecule has 4 nitrogen and oxygen atoms in total. The van der Waals surface area contributed by atoms with E-state index in [-0.39, 0.29) is 11.8 Å². The van der Waals surface area contributed by atoms with E-state index in [9.17, 15) is 9.90 Å². The van der Waals surface area contributed by atoms with Crippen LogP contribution in [-0.4, -0.2) is 28.6 Å². The summed E-state index contributed by atoms with van der Waals surface area (Å²) in [4.78, 5) is 16.6. The Morgan fingerprint density at radius 2 is 2.28 bits per heavy atom. The maximum atomic E-state index is 11.8. The van der Waals surface area contributed by atoms with Gasteiger partial charge in [0.05, 0.1) is 17.3 Å². The molecule has 0 aliphatic heterocycles. The molecule has 2 atom stereocenters. The monoisotopic (exact) mass is 270 g/mol. The molecular weight excluding hydrogens is 248 g/mol. The molecule has 1 aromatic rings. The number of carbonyl (C=O) groups excluding carboxylic acids is 1. The maximum absolute atomic E-state index is 11.8. The van der Waals surface area contributed by atoms with Gasteiger partial charge in [0.1, 0.15) is 4.88 Å². The van der Waals surface area contributed by atoms with Crippen molar-refractivity contribution in [1.29, 1.82) is 0 Å². The molecule has 102 valence electrons. The van der Waals surface area contributed by atoms with Crippen LogP contribution in [0.2, 0.25) is 0 Å². The largest absolute Gasteiger partial charge is 0.391 e. The number of hydrogen-bond donors (Lipinski definition) is 2. The van der Waals surface area contributed by atoms with Crippen molar-refractivity contribution in [3.05, 3.63) is 16.1 Å². The first-order valence-electron chi connectivity index (χ1n) is 6.49. The van der Waals surface area contributed by atoms with Crippen LogP contribution in [0.4, 0.5) is 0 Å². The van der Waals surface area contributed by atoms with E-state index < -0.39 is 6.10 Å². The van der Waals surface area contributed by atoms with Gasteiger partial charge in [0, 0.05) is 6.54 Å². The van der Waals surface area contributed by atoms with Crippen molar-refractivity contribution in [2.45, 2.75) is 46.1 Å². The molecule has 1 heterocycles. The standard InChI is InChI=1S/C13H22N2O2S/c1-4-6-12-14-8-11(18-12)13(17)15-7-10(16)9(3)5-2/h8-10,16H,4-7H2,1-3H3,(H,15,17). The van der Waals surface area contributed by atoms with Gasteiger partial charge in [0.2, 0.25) is 0 Å². The Kier molecular flexibility index (Phi) is 6.29. The van der Waals surface area contributed by atoms with E-state index in [1.165, 1.54) is 11.3 Å². The summed E-state index contributed by atoms with van der Waals surface area (Å²) < 4.78 is 0. The van der Waals surface area contributed by atoms with Gasteiger partial charge in [-0.3, -0.25) is 4.79 Å². The van der Waals surface area contributed by atoms with Crippen LogP contribution in [0.3, 0.4) is 0 Å². The minimum Gasteiger partial charge on any atom is -0.391 e. The van der Waals surface area contributed by atoms with Crippen molar-refractivity contribution < 1.29 is 9.90 Å². The number of hydrogen-bond acceptors (Lipinski definition) is 4. The number of nitrogens with one attached hydrogen (secondary N) is 1. The van der Waals surface area contributed by atoms with Gasteiger partial charge in [-0.05, 0) is 18.8 Å². The number of thiazole rings is 1. The van der Waals surface area contributed by atoms with Crippen LogP contribution in [0.5, 0.6) is 0 Å². The van der Waals surface area contributed by atoms with Gasteiger partial charge in [0.15, 0.2) is 0 Å². The number of nitrogens with zero attached hydrogens (tertiary/aromatic N) is 1. The SMILES string of the molecule is CCCc1ncc(C(=O)NCC(O)C(C)CC)s1. The summed E-state index contributed by atoms with van der Waals surface area (Å²) in [7, 11) is 0. The van der Waals surface area contributed by atoms with E-state index in [1.54, 1.807) is 6.20 Å². The predicted octanol–water partition coefficient (Wildman–Crippen LogP) is 2.23. The van der Waals surface area contributed by atoms with Crippen molar-refractivity contribution >= 4 is 17.2 Å². The Morgan fingerprint density at radius 3 is 2.89 bits per heavy atom. The van der Waals surface area contributed by atoms with E-state index >= 15 is 0 Å². The average molecular weight is 270 g/mol. The Balaban J connectivity index is 2.44. The summed E-state index contributed by atoms with van der Waals surface area (Å²) in [5.74, 6) is 0.0552. The zero-order valence-electron chi connectivity index (χ0n) is 11.3. The second-order valence-corrected chi connectivity index (χ2v) is 5.65. The summed E-state index contributed by atoms with van der Waals surface area (Å²) >= 11 is 1.43. The van der Waals surface area contributed by atoms with E-state index in [4.69, 9.17) is 0 Å². The van der Waals surface area contributed by atoms with E-state index in [2.05, 4.69) is 17.2 Å². The average Bonchev–Trinajstić information content (AvgIpc) is 2.83. The lowest BCUT2D eigenvalue weighted by molar-refractivity contribution is 0.0853. The van der Waals surface area contributed by atoms with Crippen molar-refractivity contribution in [3.8, 4) is 0 Å². The van der Waals surface area contributed by atoms with Crippen LogP contribution in [0, 0.1) is 5.92 Å². The number of aliphatic hydroxyl groups excluding tert-OH is 1. The van der Waals surface area contributed by atoms with Crippen molar-refractivity contribution in [1.82, 2.24) is 10.3 Å². The lowest BCUT2D eigenvalue weighted by atomic mass is 10.0. The number of aromatic nitrogens is 1. The first-order valence-corrected chi connectivity index (χ1v) is 7.31. The van der Waals surface area contributed by atoms with Gasteiger partial charge in [-0.2, -0.15) is 0 Å². The third-order valence-corrected chi connectivity index (χ3v) is 4.07. The second-order valence-electron chi connectivity index (χ2n) is 4.53. The highest BCUT2D eigenvalue weighted by Crippen LogP contribution is 2.14. The van der Waals surface area contributed by atoms with Crippen LogP contribution in [0.1, 0.15) is 48.3 Å². The first-order chi connectivity index (χ1) is 8.58. The quantitative estimate of drug-likeness (QED) is 0.798. The van der Waals surface area contributed by atoms with Crippen LogP contribution in [0.15, 0.2) is 6.20 Å². The van der Waals surface area contributed by atoms with Crippen LogP contribution in [0.25, 0.3) is 0 Å². The first kappa shape index (κ1) is 15.1. The minimum absolute atomic E-state index is 0.141. The number of amides is 1. The Morgan fingerprint density at radius 1 is 1.56 bits per heavy atom. The summed E-state index contributed by atoms with van der Waals surface area (Å²) in [5.41, 5.74) is 0. The maximum Gasteiger partial charge on any atom is 0.263 e. The molecule has 0 aliphatic rings. The molecule has 1 aromatic heterocycles. The molecule has 0 spiro atoms. The zero-order valence-corrected chi connectivity index (χ0v) is 12.1. The second kappa shape index (κ2) is 7.48. The number of carbonyl (C=O) groups is 1. The molecule has 1 rings (SSSR count). The highest BCUT2D eigenvalue weighted by Gasteiger charge is 2.15. The smallest absolute Gasteiger partial charge is 0.263 e. The molecule has 0 bridgehead atoms.